The normalized spacial score (nSPS) is 19.0. The maximum atomic E-state index is 2.55. The summed E-state index contributed by atoms with van der Waals surface area (Å²) in [5.74, 6) is 0. The highest BCUT2D eigenvalue weighted by Gasteiger charge is 2.49. The van der Waals surface area contributed by atoms with Crippen molar-refractivity contribution in [3.8, 4) is 0 Å². The van der Waals surface area contributed by atoms with Crippen LogP contribution in [0.3, 0.4) is 0 Å². The Bertz CT molecular complexity index is 2900. The first-order chi connectivity index (χ1) is 25.8. The van der Waals surface area contributed by atoms with Gasteiger partial charge in [-0.05, 0) is 47.1 Å². The Morgan fingerprint density at radius 1 is 0.538 bits per heavy atom. The van der Waals surface area contributed by atoms with Crippen LogP contribution in [0.2, 0.25) is 0 Å². The second-order valence-corrected chi connectivity index (χ2v) is 14.1. The SMILES string of the molecule is C1=CC2=[N+](c3ccccc3)c3cc(C4=CC5=[N+](c6ccccc6)c6ccccc6N6c7ccccc7C(=C4)C56)cc4c5ccccc5n(c34)C2C=C1. The average molecular weight is 665 g/mol. The van der Waals surface area contributed by atoms with Crippen LogP contribution in [0.4, 0.5) is 34.1 Å². The highest BCUT2D eigenvalue weighted by atomic mass is 15.3. The van der Waals surface area contributed by atoms with Crippen LogP contribution in [0.25, 0.3) is 33.0 Å². The lowest BCUT2D eigenvalue weighted by molar-refractivity contribution is 0.781. The monoisotopic (exact) mass is 664 g/mol. The molecule has 7 aromatic rings. The van der Waals surface area contributed by atoms with Crippen molar-refractivity contribution in [1.29, 1.82) is 0 Å². The largest absolute Gasteiger partial charge is 0.318 e. The highest BCUT2D eigenvalue weighted by Crippen LogP contribution is 2.54. The van der Waals surface area contributed by atoms with Gasteiger partial charge in [-0.25, -0.2) is 0 Å². The number of nitrogens with zero attached hydrogens (tertiary/aromatic N) is 4. The van der Waals surface area contributed by atoms with E-state index in [-0.39, 0.29) is 12.1 Å². The number of fused-ring (bicyclic) bond motifs is 10. The third-order valence-corrected chi connectivity index (χ3v) is 11.5. The summed E-state index contributed by atoms with van der Waals surface area (Å²) in [5, 5.41) is 2.56. The third kappa shape index (κ3) is 3.65. The van der Waals surface area contributed by atoms with Gasteiger partial charge in [0.2, 0.25) is 34.2 Å². The maximum absolute atomic E-state index is 2.55. The predicted octanol–water partition coefficient (Wildman–Crippen LogP) is 11.0. The van der Waals surface area contributed by atoms with Gasteiger partial charge in [-0.1, -0.05) is 103 Å². The van der Waals surface area contributed by atoms with Crippen molar-refractivity contribution in [2.45, 2.75) is 12.1 Å². The van der Waals surface area contributed by atoms with Gasteiger partial charge < -0.3 is 9.47 Å². The topological polar surface area (TPSA) is 14.2 Å². The molecule has 4 heterocycles. The molecule has 3 aliphatic heterocycles. The summed E-state index contributed by atoms with van der Waals surface area (Å²) < 4.78 is 7.53. The van der Waals surface area contributed by atoms with Crippen LogP contribution in [0, 0.1) is 0 Å². The summed E-state index contributed by atoms with van der Waals surface area (Å²) in [5.41, 5.74) is 17.3. The quantitative estimate of drug-likeness (QED) is 0.172. The second-order valence-electron chi connectivity index (χ2n) is 14.1. The van der Waals surface area contributed by atoms with Crippen LogP contribution in [0.1, 0.15) is 17.2 Å². The summed E-state index contributed by atoms with van der Waals surface area (Å²) >= 11 is 0. The van der Waals surface area contributed by atoms with Gasteiger partial charge in [0.15, 0.2) is 0 Å². The molecule has 0 saturated heterocycles. The molecule has 0 radical (unpaired) electrons. The van der Waals surface area contributed by atoms with Crippen LogP contribution >= 0.6 is 0 Å². The average Bonchev–Trinajstić information content (AvgIpc) is 3.73. The molecular weight excluding hydrogens is 633 g/mol. The number of para-hydroxylation sites is 6. The van der Waals surface area contributed by atoms with E-state index < -0.39 is 0 Å². The molecule has 0 spiro atoms. The summed E-state index contributed by atoms with van der Waals surface area (Å²) in [7, 11) is 0. The number of anilines is 2. The number of rotatable bonds is 3. The number of aromatic nitrogens is 1. The molecule has 2 unspecified atom stereocenters. The first-order valence-corrected chi connectivity index (χ1v) is 18.1. The summed E-state index contributed by atoms with van der Waals surface area (Å²) in [6.07, 6.45) is 13.9. The van der Waals surface area contributed by atoms with E-state index in [1.165, 1.54) is 89.6 Å². The van der Waals surface area contributed by atoms with Gasteiger partial charge in [-0.2, -0.15) is 9.15 Å². The van der Waals surface area contributed by atoms with E-state index in [1.54, 1.807) is 0 Å². The second kappa shape index (κ2) is 10.4. The van der Waals surface area contributed by atoms with Gasteiger partial charge >= 0.3 is 0 Å². The van der Waals surface area contributed by atoms with Crippen molar-refractivity contribution in [2.75, 3.05) is 4.90 Å². The van der Waals surface area contributed by atoms with E-state index in [2.05, 4.69) is 201 Å². The molecule has 52 heavy (non-hydrogen) atoms. The minimum atomic E-state index is 0.0662. The van der Waals surface area contributed by atoms with E-state index in [1.807, 2.05) is 0 Å². The smallest absolute Gasteiger partial charge is 0.236 e. The van der Waals surface area contributed by atoms with Gasteiger partial charge in [-0.15, -0.1) is 0 Å². The van der Waals surface area contributed by atoms with E-state index in [9.17, 15) is 0 Å². The molecule has 242 valence electrons. The predicted molar refractivity (Wildman–Crippen MR) is 217 cm³/mol. The fraction of sp³-hybridized carbons (Fsp3) is 0.0417. The Balaban J connectivity index is 1.20. The van der Waals surface area contributed by atoms with Gasteiger partial charge in [-0.3, -0.25) is 0 Å². The summed E-state index contributed by atoms with van der Waals surface area (Å²) in [6, 6.07) is 53.5. The van der Waals surface area contributed by atoms with Crippen LogP contribution in [-0.4, -0.2) is 22.0 Å². The maximum Gasteiger partial charge on any atom is 0.236 e. The Hall–Kier alpha value is -6.78. The van der Waals surface area contributed by atoms with Gasteiger partial charge in [0, 0.05) is 64.9 Å². The van der Waals surface area contributed by atoms with E-state index in [0.717, 1.165) is 0 Å². The molecule has 0 saturated carbocycles. The summed E-state index contributed by atoms with van der Waals surface area (Å²) in [6.45, 7) is 0. The molecule has 2 atom stereocenters. The Morgan fingerprint density at radius 2 is 1.23 bits per heavy atom. The molecule has 6 aromatic carbocycles. The molecule has 4 heteroatoms. The van der Waals surface area contributed by atoms with Crippen molar-refractivity contribution in [3.05, 3.63) is 193 Å². The van der Waals surface area contributed by atoms with Crippen LogP contribution < -0.4 is 14.1 Å². The minimum Gasteiger partial charge on any atom is -0.318 e. The number of hydrogen-bond donors (Lipinski definition) is 0. The standard InChI is InChI=1S/C48H32N4/c1-3-15-33(16-4-1)49-41-23-11-13-25-43(41)51-39-21-9-7-19-35(39)37-27-31(29-45(49)47(37)51)32-28-38-36-20-8-10-22-40(36)52-44-26-14-12-24-42(44)50(46(30-32)48(38)52)34-17-5-2-6-18-34/h1-30,43,48H/q+2. The van der Waals surface area contributed by atoms with Crippen LogP contribution in [0.5, 0.6) is 0 Å². The molecule has 0 N–H and O–H groups in total. The minimum absolute atomic E-state index is 0.0662. The Morgan fingerprint density at radius 3 is 2.06 bits per heavy atom. The van der Waals surface area contributed by atoms with E-state index in [0.29, 0.717) is 0 Å². The molecule has 12 rings (SSSR count). The van der Waals surface area contributed by atoms with Crippen molar-refractivity contribution in [3.63, 3.8) is 0 Å². The lowest BCUT2D eigenvalue weighted by atomic mass is 9.86. The zero-order valence-corrected chi connectivity index (χ0v) is 28.3. The van der Waals surface area contributed by atoms with Crippen molar-refractivity contribution in [2.24, 2.45) is 0 Å². The molecule has 0 amide bonds. The Kier molecular flexibility index (Phi) is 5.58. The Labute approximate surface area is 301 Å². The van der Waals surface area contributed by atoms with Gasteiger partial charge in [0.25, 0.3) is 0 Å². The molecule has 5 aliphatic rings. The van der Waals surface area contributed by atoms with E-state index >= 15 is 0 Å². The highest BCUT2D eigenvalue weighted by molar-refractivity contribution is 6.26. The number of allylic oxidation sites excluding steroid dienone is 6. The lowest BCUT2D eigenvalue weighted by Crippen LogP contribution is -2.43. The van der Waals surface area contributed by atoms with Crippen LogP contribution in [-0.2, 0) is 0 Å². The zero-order chi connectivity index (χ0) is 33.9. The zero-order valence-electron chi connectivity index (χ0n) is 28.3. The molecular formula is C48H32N4+2. The first kappa shape index (κ1) is 28.0. The van der Waals surface area contributed by atoms with Crippen LogP contribution in [0.15, 0.2) is 182 Å². The van der Waals surface area contributed by atoms with Crippen molar-refractivity contribution in [1.82, 2.24) is 13.7 Å². The van der Waals surface area contributed by atoms with Crippen molar-refractivity contribution < 1.29 is 0 Å². The molecule has 0 bridgehead atoms. The fourth-order valence-corrected chi connectivity index (χ4v) is 9.42. The molecule has 1 aromatic heterocycles. The van der Waals surface area contributed by atoms with Gasteiger partial charge in [0.05, 0.1) is 11.2 Å². The lowest BCUT2D eigenvalue weighted by Gasteiger charge is -2.33. The third-order valence-electron chi connectivity index (χ3n) is 11.5. The molecule has 0 fully saturated rings. The molecule has 2 aliphatic carbocycles. The van der Waals surface area contributed by atoms with Crippen molar-refractivity contribution >= 4 is 78.5 Å². The van der Waals surface area contributed by atoms with Gasteiger partial charge in [0.1, 0.15) is 23.3 Å². The first-order valence-electron chi connectivity index (χ1n) is 18.1. The number of hydrogen-bond acceptors (Lipinski definition) is 1. The fourth-order valence-electron chi connectivity index (χ4n) is 9.42. The summed E-state index contributed by atoms with van der Waals surface area (Å²) in [4.78, 5) is 2.55. The van der Waals surface area contributed by atoms with E-state index in [4.69, 9.17) is 0 Å². The number of benzene rings is 6. The molecule has 4 nitrogen and oxygen atoms in total.